The van der Waals surface area contributed by atoms with Crippen molar-refractivity contribution in [3.63, 3.8) is 0 Å². The number of benzene rings is 1. The minimum atomic E-state index is 0.279. The van der Waals surface area contributed by atoms with Crippen LogP contribution in [0.3, 0.4) is 0 Å². The molecule has 0 saturated heterocycles. The Kier molecular flexibility index (Phi) is 4.01. The van der Waals surface area contributed by atoms with Crippen LogP contribution < -0.4 is 4.74 Å². The topological polar surface area (TPSA) is 76.8 Å². The molecule has 0 aliphatic heterocycles. The molecule has 0 saturated carbocycles. The summed E-state index contributed by atoms with van der Waals surface area (Å²) < 4.78 is 11.9. The van der Waals surface area contributed by atoms with Gasteiger partial charge in [-0.25, -0.2) is 0 Å². The van der Waals surface area contributed by atoms with Crippen molar-refractivity contribution in [1.29, 1.82) is 0 Å². The van der Waals surface area contributed by atoms with Crippen LogP contribution in [0.2, 0.25) is 5.02 Å². The molecule has 0 fully saturated rings. The third-order valence-electron chi connectivity index (χ3n) is 2.70. The van der Waals surface area contributed by atoms with Crippen LogP contribution in [0.1, 0.15) is 0 Å². The minimum absolute atomic E-state index is 0.279. The van der Waals surface area contributed by atoms with Gasteiger partial charge in [0.1, 0.15) is 10.4 Å². The summed E-state index contributed by atoms with van der Waals surface area (Å²) in [4.78, 5) is 4.32. The maximum atomic E-state index is 6.00. The molecule has 6 nitrogen and oxygen atoms in total. The van der Waals surface area contributed by atoms with Crippen LogP contribution in [-0.4, -0.2) is 27.4 Å². The number of nitrogens with zero attached hydrogens (tertiary/aromatic N) is 3. The van der Waals surface area contributed by atoms with Gasteiger partial charge in [-0.1, -0.05) is 16.8 Å². The molecule has 0 aliphatic carbocycles. The third-order valence-corrected chi connectivity index (χ3v) is 4.81. The highest BCUT2D eigenvalue weighted by Gasteiger charge is 2.19. The normalized spacial score (nSPS) is 10.9. The number of nitrogens with one attached hydrogen (secondary N) is 1. The van der Waals surface area contributed by atoms with Crippen molar-refractivity contribution >= 4 is 43.5 Å². The number of H-pyrrole nitrogens is 1. The molecular formula is C12H7Br2ClN4O2. The van der Waals surface area contributed by atoms with E-state index in [9.17, 15) is 0 Å². The van der Waals surface area contributed by atoms with Crippen LogP contribution in [0.5, 0.6) is 5.75 Å². The fraction of sp³-hybridized carbons (Fsp3) is 0.0833. The molecule has 0 atom stereocenters. The van der Waals surface area contributed by atoms with Crippen LogP contribution in [0.25, 0.3) is 23.0 Å². The summed E-state index contributed by atoms with van der Waals surface area (Å²) in [6.45, 7) is 0. The number of ether oxygens (including phenoxy) is 1. The summed E-state index contributed by atoms with van der Waals surface area (Å²) in [6, 6.07) is 5.19. The zero-order valence-corrected chi connectivity index (χ0v) is 14.5. The predicted molar refractivity (Wildman–Crippen MR) is 84.3 cm³/mol. The highest BCUT2D eigenvalue weighted by Crippen LogP contribution is 2.34. The first-order valence-corrected chi connectivity index (χ1v) is 7.64. The van der Waals surface area contributed by atoms with Crippen molar-refractivity contribution in [1.82, 2.24) is 20.3 Å². The quantitative estimate of drug-likeness (QED) is 0.665. The maximum absolute atomic E-state index is 6.00. The molecular weight excluding hydrogens is 427 g/mol. The Morgan fingerprint density at radius 2 is 2.14 bits per heavy atom. The molecule has 0 radical (unpaired) electrons. The average molecular weight is 434 g/mol. The van der Waals surface area contributed by atoms with E-state index in [4.69, 9.17) is 20.9 Å². The number of hydrogen-bond acceptors (Lipinski definition) is 5. The lowest BCUT2D eigenvalue weighted by Gasteiger charge is -2.04. The third kappa shape index (κ3) is 2.70. The van der Waals surface area contributed by atoms with E-state index in [1.807, 2.05) is 0 Å². The van der Waals surface area contributed by atoms with Gasteiger partial charge >= 0.3 is 0 Å². The number of halogens is 3. The van der Waals surface area contributed by atoms with Crippen molar-refractivity contribution < 1.29 is 9.26 Å². The Bertz CT molecular complexity index is 802. The summed E-state index contributed by atoms with van der Waals surface area (Å²) >= 11 is 12.7. The second-order valence-corrected chi connectivity index (χ2v) is 5.99. The molecule has 9 heteroatoms. The molecule has 1 aromatic carbocycles. The van der Waals surface area contributed by atoms with Gasteiger partial charge in [-0.15, -0.1) is 0 Å². The van der Waals surface area contributed by atoms with Gasteiger partial charge in [0.05, 0.1) is 17.1 Å². The van der Waals surface area contributed by atoms with Crippen LogP contribution >= 0.6 is 43.5 Å². The fourth-order valence-electron chi connectivity index (χ4n) is 1.73. The van der Waals surface area contributed by atoms with E-state index in [-0.39, 0.29) is 5.89 Å². The van der Waals surface area contributed by atoms with Crippen molar-refractivity contribution in [3.05, 3.63) is 32.3 Å². The summed E-state index contributed by atoms with van der Waals surface area (Å²) in [5.74, 6) is 1.25. The zero-order chi connectivity index (χ0) is 15.0. The van der Waals surface area contributed by atoms with Crippen molar-refractivity contribution in [2.45, 2.75) is 0 Å². The Labute approximate surface area is 141 Å². The van der Waals surface area contributed by atoms with Gasteiger partial charge in [-0.05, 0) is 50.1 Å². The molecule has 0 amide bonds. The van der Waals surface area contributed by atoms with Gasteiger partial charge in [-0.3, -0.25) is 5.10 Å². The number of methoxy groups -OCH3 is 1. The molecule has 0 spiro atoms. The molecule has 21 heavy (non-hydrogen) atoms. The van der Waals surface area contributed by atoms with E-state index < -0.39 is 0 Å². The van der Waals surface area contributed by atoms with Crippen LogP contribution in [0, 0.1) is 0 Å². The first kappa shape index (κ1) is 14.6. The lowest BCUT2D eigenvalue weighted by atomic mass is 10.2. The van der Waals surface area contributed by atoms with Gasteiger partial charge in [0.25, 0.3) is 5.89 Å². The number of rotatable bonds is 3. The van der Waals surface area contributed by atoms with Crippen molar-refractivity contribution in [2.24, 2.45) is 0 Å². The van der Waals surface area contributed by atoms with Crippen LogP contribution in [0.15, 0.2) is 31.8 Å². The Balaban J connectivity index is 2.06. The monoisotopic (exact) mass is 432 g/mol. The summed E-state index contributed by atoms with van der Waals surface area (Å²) in [5.41, 5.74) is 1.16. The molecule has 0 bridgehead atoms. The summed E-state index contributed by atoms with van der Waals surface area (Å²) in [6.07, 6.45) is 0. The minimum Gasteiger partial charge on any atom is -0.496 e. The lowest BCUT2D eigenvalue weighted by molar-refractivity contribution is 0.413. The van der Waals surface area contributed by atoms with Crippen LogP contribution in [0.4, 0.5) is 0 Å². The van der Waals surface area contributed by atoms with E-state index in [1.165, 1.54) is 0 Å². The number of aromatic nitrogens is 4. The van der Waals surface area contributed by atoms with Gasteiger partial charge in [0.15, 0.2) is 5.69 Å². The predicted octanol–water partition coefficient (Wildman–Crippen LogP) is 4.31. The Hall–Kier alpha value is -1.38. The molecule has 2 heterocycles. The summed E-state index contributed by atoms with van der Waals surface area (Å²) in [5, 5.41) is 11.3. The highest BCUT2D eigenvalue weighted by molar-refractivity contribution is 9.13. The molecule has 1 N–H and O–H groups in total. The van der Waals surface area contributed by atoms with Gasteiger partial charge in [0.2, 0.25) is 5.82 Å². The fourth-order valence-corrected chi connectivity index (χ4v) is 2.53. The second kappa shape index (κ2) is 5.78. The average Bonchev–Trinajstić information content (AvgIpc) is 3.07. The first-order chi connectivity index (χ1) is 10.1. The first-order valence-electron chi connectivity index (χ1n) is 5.67. The largest absolute Gasteiger partial charge is 0.496 e. The molecule has 3 aromatic rings. The lowest BCUT2D eigenvalue weighted by Crippen LogP contribution is -1.89. The van der Waals surface area contributed by atoms with Crippen molar-refractivity contribution in [2.75, 3.05) is 7.11 Å². The van der Waals surface area contributed by atoms with Crippen LogP contribution in [-0.2, 0) is 0 Å². The zero-order valence-electron chi connectivity index (χ0n) is 10.5. The summed E-state index contributed by atoms with van der Waals surface area (Å²) in [7, 11) is 1.56. The van der Waals surface area contributed by atoms with Gasteiger partial charge in [0, 0.05) is 5.02 Å². The second-order valence-electron chi connectivity index (χ2n) is 3.97. The van der Waals surface area contributed by atoms with Gasteiger partial charge < -0.3 is 9.26 Å². The highest BCUT2D eigenvalue weighted by atomic mass is 79.9. The maximum Gasteiger partial charge on any atom is 0.279 e. The molecule has 2 aromatic heterocycles. The smallest absolute Gasteiger partial charge is 0.279 e. The molecule has 0 aliphatic rings. The van der Waals surface area contributed by atoms with Crippen molar-refractivity contribution in [3.8, 4) is 28.7 Å². The molecule has 108 valence electrons. The number of aromatic amines is 1. The van der Waals surface area contributed by atoms with Gasteiger partial charge in [-0.2, -0.15) is 10.1 Å². The Morgan fingerprint density at radius 1 is 1.33 bits per heavy atom. The van der Waals surface area contributed by atoms with E-state index >= 15 is 0 Å². The van der Waals surface area contributed by atoms with E-state index in [1.54, 1.807) is 25.3 Å². The molecule has 0 unspecified atom stereocenters. The standard InChI is InChI=1S/C12H7Br2ClN4O2/c1-20-7-3-2-5(15)4-6(7)11-16-12(21-19-11)9-8(13)10(14)18-17-9/h2-4H,1H3,(H,17,18). The van der Waals surface area contributed by atoms with E-state index in [2.05, 4.69) is 52.2 Å². The van der Waals surface area contributed by atoms with E-state index in [0.717, 1.165) is 0 Å². The molecule has 3 rings (SSSR count). The Morgan fingerprint density at radius 3 is 2.81 bits per heavy atom. The SMILES string of the molecule is COc1ccc(Cl)cc1-c1noc(-c2n[nH]c(Br)c2Br)n1. The number of hydrogen-bond donors (Lipinski definition) is 1. The van der Waals surface area contributed by atoms with E-state index in [0.29, 0.717) is 36.9 Å².